The summed E-state index contributed by atoms with van der Waals surface area (Å²) >= 11 is 1.45. The Morgan fingerprint density at radius 2 is 1.96 bits per heavy atom. The molecule has 2 aromatic heterocycles. The summed E-state index contributed by atoms with van der Waals surface area (Å²) < 4.78 is 6.38. The lowest BCUT2D eigenvalue weighted by Crippen LogP contribution is -2.36. The van der Waals surface area contributed by atoms with Gasteiger partial charge < -0.3 is 10.1 Å². The molecule has 28 heavy (non-hydrogen) atoms. The van der Waals surface area contributed by atoms with Crippen LogP contribution in [0.2, 0.25) is 0 Å². The molecule has 1 N–H and O–H groups in total. The van der Waals surface area contributed by atoms with Crippen molar-refractivity contribution in [2.24, 2.45) is 0 Å². The van der Waals surface area contributed by atoms with Crippen molar-refractivity contribution in [2.45, 2.75) is 40.0 Å². The summed E-state index contributed by atoms with van der Waals surface area (Å²) in [5, 5.41) is 3.24. The van der Waals surface area contributed by atoms with Crippen LogP contribution in [-0.4, -0.2) is 27.5 Å². The number of fused-ring (bicyclic) bond motifs is 1. The van der Waals surface area contributed by atoms with Crippen LogP contribution >= 0.6 is 11.3 Å². The van der Waals surface area contributed by atoms with Gasteiger partial charge in [0.05, 0.1) is 11.7 Å². The molecule has 1 aromatic carbocycles. The molecule has 146 valence electrons. The number of hydrogen-bond acceptors (Lipinski definition) is 6. The number of aromatic nitrogens is 2. The van der Waals surface area contributed by atoms with Crippen molar-refractivity contribution in [3.05, 3.63) is 63.0 Å². The van der Waals surface area contributed by atoms with Crippen molar-refractivity contribution in [3.63, 3.8) is 0 Å². The third kappa shape index (κ3) is 4.28. The molecule has 0 saturated heterocycles. The third-order valence-electron chi connectivity index (χ3n) is 4.44. The van der Waals surface area contributed by atoms with Gasteiger partial charge in [0.15, 0.2) is 6.10 Å². The summed E-state index contributed by atoms with van der Waals surface area (Å²) in [7, 11) is 0. The molecule has 0 spiro atoms. The molecule has 7 nitrogen and oxygen atoms in total. The number of amides is 1. The average molecular weight is 399 g/mol. The van der Waals surface area contributed by atoms with E-state index < -0.39 is 18.0 Å². The van der Waals surface area contributed by atoms with E-state index in [2.05, 4.69) is 10.3 Å². The van der Waals surface area contributed by atoms with Gasteiger partial charge in [0.25, 0.3) is 11.5 Å². The topological polar surface area (TPSA) is 90.3 Å². The highest BCUT2D eigenvalue weighted by Crippen LogP contribution is 2.25. The smallest absolute Gasteiger partial charge is 0.326 e. The molecule has 1 atom stereocenters. The first-order chi connectivity index (χ1) is 13.4. The number of rotatable bonds is 6. The number of nitrogens with one attached hydrogen (secondary N) is 1. The number of benzene rings is 1. The predicted octanol–water partition coefficient (Wildman–Crippen LogP) is 2.32. The van der Waals surface area contributed by atoms with Crippen LogP contribution in [-0.2, 0) is 27.4 Å². The Kier molecular flexibility index (Phi) is 5.89. The zero-order valence-corrected chi connectivity index (χ0v) is 16.7. The van der Waals surface area contributed by atoms with E-state index in [1.54, 1.807) is 0 Å². The van der Waals surface area contributed by atoms with Gasteiger partial charge in [0.2, 0.25) is 0 Å². The second kappa shape index (κ2) is 8.35. The number of aryl methyl sites for hydroxylation is 2. The highest BCUT2D eigenvalue weighted by atomic mass is 32.1. The number of ether oxygens (including phenoxy) is 1. The fourth-order valence-electron chi connectivity index (χ4n) is 2.74. The molecule has 0 radical (unpaired) electrons. The van der Waals surface area contributed by atoms with Gasteiger partial charge in [-0.05, 0) is 31.9 Å². The van der Waals surface area contributed by atoms with Crippen LogP contribution < -0.4 is 10.9 Å². The summed E-state index contributed by atoms with van der Waals surface area (Å²) in [4.78, 5) is 42.9. The second-order valence-corrected chi connectivity index (χ2v) is 7.68. The molecule has 0 bridgehead atoms. The summed E-state index contributed by atoms with van der Waals surface area (Å²) in [5.41, 5.74) is 1.53. The maximum absolute atomic E-state index is 12.6. The third-order valence-corrected chi connectivity index (χ3v) is 5.56. The highest BCUT2D eigenvalue weighted by molar-refractivity contribution is 7.18. The predicted molar refractivity (Wildman–Crippen MR) is 107 cm³/mol. The van der Waals surface area contributed by atoms with E-state index in [9.17, 15) is 14.4 Å². The molecular weight excluding hydrogens is 378 g/mol. The lowest BCUT2D eigenvalue weighted by molar-refractivity contribution is -0.155. The lowest BCUT2D eigenvalue weighted by atomic mass is 10.2. The molecule has 1 amide bonds. The Balaban J connectivity index is 1.61. The van der Waals surface area contributed by atoms with Crippen LogP contribution in [0.3, 0.4) is 0 Å². The van der Waals surface area contributed by atoms with Crippen LogP contribution in [0.4, 0.5) is 0 Å². The highest BCUT2D eigenvalue weighted by Gasteiger charge is 2.19. The Hall–Kier alpha value is -3.00. The van der Waals surface area contributed by atoms with Gasteiger partial charge in [-0.15, -0.1) is 11.3 Å². The average Bonchev–Trinajstić information content (AvgIpc) is 2.97. The van der Waals surface area contributed by atoms with Crippen molar-refractivity contribution < 1.29 is 14.3 Å². The summed E-state index contributed by atoms with van der Waals surface area (Å²) in [6.07, 6.45) is 0.371. The minimum Gasteiger partial charge on any atom is -0.451 e. The van der Waals surface area contributed by atoms with Gasteiger partial charge in [0, 0.05) is 11.4 Å². The molecule has 0 aliphatic carbocycles. The quantitative estimate of drug-likeness (QED) is 0.643. The van der Waals surface area contributed by atoms with E-state index in [0.29, 0.717) is 16.8 Å². The molecule has 0 unspecified atom stereocenters. The fraction of sp³-hybridized carbons (Fsp3) is 0.300. The molecule has 2 heterocycles. The molecule has 0 aliphatic rings. The SMILES string of the molecule is Cc1sc2ncn(CC(=O)O[C@H](C)C(=O)NCc3ccccc3)c(=O)c2c1C. The van der Waals surface area contributed by atoms with Gasteiger partial charge in [-0.1, -0.05) is 30.3 Å². The fourth-order valence-corrected chi connectivity index (χ4v) is 3.73. The van der Waals surface area contributed by atoms with Crippen LogP contribution in [0.5, 0.6) is 0 Å². The first-order valence-corrected chi connectivity index (χ1v) is 9.64. The van der Waals surface area contributed by atoms with Crippen LogP contribution in [0.15, 0.2) is 41.5 Å². The van der Waals surface area contributed by atoms with Crippen molar-refractivity contribution in [1.29, 1.82) is 0 Å². The Labute approximate surface area is 166 Å². The molecule has 3 aromatic rings. The number of hydrogen-bond donors (Lipinski definition) is 1. The second-order valence-electron chi connectivity index (χ2n) is 6.48. The van der Waals surface area contributed by atoms with Crippen LogP contribution in [0, 0.1) is 13.8 Å². The maximum atomic E-state index is 12.6. The van der Waals surface area contributed by atoms with E-state index in [0.717, 1.165) is 16.0 Å². The Bertz CT molecular complexity index is 1070. The Morgan fingerprint density at radius 1 is 1.25 bits per heavy atom. The summed E-state index contributed by atoms with van der Waals surface area (Å²) in [5.74, 6) is -1.07. The Morgan fingerprint density at radius 3 is 2.68 bits per heavy atom. The number of carbonyl (C=O) groups is 2. The zero-order valence-electron chi connectivity index (χ0n) is 15.9. The minimum absolute atomic E-state index is 0.287. The number of carbonyl (C=O) groups excluding carboxylic acids is 2. The molecule has 0 fully saturated rings. The van der Waals surface area contributed by atoms with Crippen molar-refractivity contribution in [3.8, 4) is 0 Å². The largest absolute Gasteiger partial charge is 0.451 e. The van der Waals surface area contributed by atoms with Gasteiger partial charge in [-0.2, -0.15) is 0 Å². The molecule has 0 saturated carbocycles. The maximum Gasteiger partial charge on any atom is 0.326 e. The van der Waals surface area contributed by atoms with Gasteiger partial charge in [-0.3, -0.25) is 19.0 Å². The van der Waals surface area contributed by atoms with E-state index in [1.807, 2.05) is 44.2 Å². The van der Waals surface area contributed by atoms with E-state index in [4.69, 9.17) is 4.74 Å². The normalized spacial score (nSPS) is 12.0. The molecule has 8 heteroatoms. The van der Waals surface area contributed by atoms with Crippen molar-refractivity contribution in [1.82, 2.24) is 14.9 Å². The number of thiophene rings is 1. The first kappa shape index (κ1) is 19.8. The minimum atomic E-state index is -0.964. The standard InChI is InChI=1S/C20H21N3O4S/c1-12-14(3)28-19-17(12)20(26)23(11-22-19)10-16(24)27-13(2)18(25)21-9-15-7-5-4-6-8-15/h4-8,11,13H,9-10H2,1-3H3,(H,21,25)/t13-/m1/s1. The molecular formula is C20H21N3O4S. The zero-order chi connectivity index (χ0) is 20.3. The van der Waals surface area contributed by atoms with Crippen LogP contribution in [0.25, 0.3) is 10.2 Å². The van der Waals surface area contributed by atoms with Gasteiger partial charge in [-0.25, -0.2) is 4.98 Å². The molecule has 0 aliphatic heterocycles. The lowest BCUT2D eigenvalue weighted by Gasteiger charge is -2.14. The van der Waals surface area contributed by atoms with Crippen molar-refractivity contribution in [2.75, 3.05) is 0 Å². The van der Waals surface area contributed by atoms with E-state index >= 15 is 0 Å². The van der Waals surface area contributed by atoms with E-state index in [-0.39, 0.29) is 12.1 Å². The summed E-state index contributed by atoms with van der Waals surface area (Å²) in [6.45, 7) is 5.33. The summed E-state index contributed by atoms with van der Waals surface area (Å²) in [6, 6.07) is 9.43. The van der Waals surface area contributed by atoms with Crippen LogP contribution in [0.1, 0.15) is 22.9 Å². The molecule has 3 rings (SSSR count). The number of esters is 1. The first-order valence-electron chi connectivity index (χ1n) is 8.83. The number of nitrogens with zero attached hydrogens (tertiary/aromatic N) is 2. The monoisotopic (exact) mass is 399 g/mol. The van der Waals surface area contributed by atoms with Crippen molar-refractivity contribution >= 4 is 33.4 Å². The van der Waals surface area contributed by atoms with Gasteiger partial charge in [0.1, 0.15) is 11.4 Å². The van der Waals surface area contributed by atoms with Gasteiger partial charge >= 0.3 is 5.97 Å². The van der Waals surface area contributed by atoms with E-state index in [1.165, 1.54) is 29.2 Å².